The van der Waals surface area contributed by atoms with Crippen LogP contribution in [0.3, 0.4) is 0 Å². The fraction of sp³-hybridized carbons (Fsp3) is 0.261. The monoisotopic (exact) mass is 387 g/mol. The van der Waals surface area contributed by atoms with Crippen LogP contribution >= 0.6 is 0 Å². The number of rotatable bonds is 4. The van der Waals surface area contributed by atoms with Crippen molar-refractivity contribution in [3.05, 3.63) is 77.6 Å². The lowest BCUT2D eigenvalue weighted by Gasteiger charge is -2.47. The summed E-state index contributed by atoms with van der Waals surface area (Å²) < 4.78 is 11.7. The molecule has 0 aliphatic carbocycles. The van der Waals surface area contributed by atoms with Gasteiger partial charge < -0.3 is 14.4 Å². The van der Waals surface area contributed by atoms with Crippen LogP contribution in [0.5, 0.6) is 5.75 Å². The van der Waals surface area contributed by atoms with Crippen molar-refractivity contribution in [1.82, 2.24) is 14.9 Å². The maximum atomic E-state index is 13.0. The van der Waals surface area contributed by atoms with Gasteiger partial charge in [0.15, 0.2) is 5.82 Å². The molecule has 1 saturated heterocycles. The van der Waals surface area contributed by atoms with Crippen molar-refractivity contribution in [2.45, 2.75) is 19.1 Å². The normalized spacial score (nSPS) is 16.4. The molecule has 6 heteroatoms. The Bertz CT molecular complexity index is 1060. The average molecular weight is 387 g/mol. The number of carbonyl (C=O) groups is 1. The lowest BCUT2D eigenvalue weighted by Crippen LogP contribution is -2.61. The van der Waals surface area contributed by atoms with E-state index in [0.29, 0.717) is 43.4 Å². The Morgan fingerprint density at radius 3 is 2.69 bits per heavy atom. The second-order valence-corrected chi connectivity index (χ2v) is 7.29. The van der Waals surface area contributed by atoms with Crippen LogP contribution in [0, 0.1) is 0 Å². The smallest absolute Gasteiger partial charge is 0.257 e. The van der Waals surface area contributed by atoms with Gasteiger partial charge in [-0.25, -0.2) is 9.97 Å². The molecular formula is C23H21N3O3. The molecule has 0 bridgehead atoms. The predicted molar refractivity (Wildman–Crippen MR) is 107 cm³/mol. The van der Waals surface area contributed by atoms with Gasteiger partial charge in [0, 0.05) is 17.3 Å². The van der Waals surface area contributed by atoms with Gasteiger partial charge in [0.2, 0.25) is 0 Å². The minimum atomic E-state index is -0.499. The van der Waals surface area contributed by atoms with Crippen molar-refractivity contribution in [3.8, 4) is 17.1 Å². The van der Waals surface area contributed by atoms with E-state index >= 15 is 0 Å². The standard InChI is InChI=1S/C23H21N3O3/c1-2-28-20-11-7-6-10-17(20)22(27)26-14-23(15-26)18-12-24-21(25-19(18)13-29-23)16-8-4-3-5-9-16/h3-12H,2,13-15H2,1H3. The molecule has 6 nitrogen and oxygen atoms in total. The molecule has 146 valence electrons. The molecule has 29 heavy (non-hydrogen) atoms. The minimum Gasteiger partial charge on any atom is -0.493 e. The van der Waals surface area contributed by atoms with Crippen molar-refractivity contribution in [2.24, 2.45) is 0 Å². The zero-order valence-electron chi connectivity index (χ0n) is 16.2. The molecule has 2 aliphatic heterocycles. The number of aromatic nitrogens is 2. The Balaban J connectivity index is 1.36. The van der Waals surface area contributed by atoms with Gasteiger partial charge in [-0.15, -0.1) is 0 Å². The van der Waals surface area contributed by atoms with E-state index in [1.54, 1.807) is 11.0 Å². The van der Waals surface area contributed by atoms with E-state index in [-0.39, 0.29) is 5.91 Å². The molecular weight excluding hydrogens is 366 g/mol. The highest BCUT2D eigenvalue weighted by Gasteiger charge is 2.52. The molecule has 0 N–H and O–H groups in total. The minimum absolute atomic E-state index is 0.0430. The van der Waals surface area contributed by atoms with Crippen molar-refractivity contribution >= 4 is 5.91 Å². The molecule has 5 rings (SSSR count). The summed E-state index contributed by atoms with van der Waals surface area (Å²) in [7, 11) is 0. The molecule has 1 aromatic heterocycles. The SMILES string of the molecule is CCOc1ccccc1C(=O)N1CC2(C1)OCc1nc(-c3ccccc3)ncc12. The van der Waals surface area contributed by atoms with E-state index in [1.807, 2.05) is 61.7 Å². The number of hydrogen-bond donors (Lipinski definition) is 0. The first-order valence-electron chi connectivity index (χ1n) is 9.77. The second kappa shape index (κ2) is 6.97. The number of nitrogens with zero attached hydrogens (tertiary/aromatic N) is 3. The summed E-state index contributed by atoms with van der Waals surface area (Å²) in [5.74, 6) is 1.27. The lowest BCUT2D eigenvalue weighted by molar-refractivity contribution is -0.126. The van der Waals surface area contributed by atoms with Gasteiger partial charge in [0.1, 0.15) is 11.4 Å². The van der Waals surface area contributed by atoms with Gasteiger partial charge in [-0.3, -0.25) is 4.79 Å². The van der Waals surface area contributed by atoms with Gasteiger partial charge in [-0.05, 0) is 19.1 Å². The number of benzene rings is 2. The zero-order chi connectivity index (χ0) is 19.8. The molecule has 1 fully saturated rings. The topological polar surface area (TPSA) is 64.5 Å². The van der Waals surface area contributed by atoms with Crippen molar-refractivity contribution in [2.75, 3.05) is 19.7 Å². The quantitative estimate of drug-likeness (QED) is 0.686. The van der Waals surface area contributed by atoms with Gasteiger partial charge in [0.25, 0.3) is 5.91 Å². The summed E-state index contributed by atoms with van der Waals surface area (Å²) in [6.07, 6.45) is 1.85. The summed E-state index contributed by atoms with van der Waals surface area (Å²) in [5, 5.41) is 0. The second-order valence-electron chi connectivity index (χ2n) is 7.29. The van der Waals surface area contributed by atoms with Crippen LogP contribution in [0.15, 0.2) is 60.8 Å². The summed E-state index contributed by atoms with van der Waals surface area (Å²) in [4.78, 5) is 24.0. The molecule has 1 spiro atoms. The van der Waals surface area contributed by atoms with Crippen LogP contribution in [-0.4, -0.2) is 40.5 Å². The fourth-order valence-corrected chi connectivity index (χ4v) is 3.99. The molecule has 0 radical (unpaired) electrons. The molecule has 3 aromatic rings. The van der Waals surface area contributed by atoms with Gasteiger partial charge in [-0.1, -0.05) is 42.5 Å². The molecule has 0 atom stereocenters. The first kappa shape index (κ1) is 17.8. The summed E-state index contributed by atoms with van der Waals surface area (Å²) >= 11 is 0. The first-order valence-corrected chi connectivity index (χ1v) is 9.77. The number of carbonyl (C=O) groups excluding carboxylic acids is 1. The maximum Gasteiger partial charge on any atom is 0.257 e. The number of hydrogen-bond acceptors (Lipinski definition) is 5. The summed E-state index contributed by atoms with van der Waals surface area (Å²) in [5.41, 5.74) is 2.95. The summed E-state index contributed by atoms with van der Waals surface area (Å²) in [6, 6.07) is 17.3. The van der Waals surface area contributed by atoms with Crippen LogP contribution in [0.1, 0.15) is 28.5 Å². The third kappa shape index (κ3) is 2.96. The highest BCUT2D eigenvalue weighted by atomic mass is 16.5. The van der Waals surface area contributed by atoms with Gasteiger partial charge in [0.05, 0.1) is 37.6 Å². The fourth-order valence-electron chi connectivity index (χ4n) is 3.99. The van der Waals surface area contributed by atoms with Crippen LogP contribution in [0.4, 0.5) is 0 Å². The average Bonchev–Trinajstić information content (AvgIpc) is 3.12. The molecule has 2 aliphatic rings. The number of fused-ring (bicyclic) bond motifs is 2. The van der Waals surface area contributed by atoms with E-state index in [9.17, 15) is 4.79 Å². The Morgan fingerprint density at radius 1 is 1.14 bits per heavy atom. The third-order valence-electron chi connectivity index (χ3n) is 5.47. The van der Waals surface area contributed by atoms with Gasteiger partial charge >= 0.3 is 0 Å². The van der Waals surface area contributed by atoms with Crippen molar-refractivity contribution in [3.63, 3.8) is 0 Å². The summed E-state index contributed by atoms with van der Waals surface area (Å²) in [6.45, 7) is 3.86. The molecule has 0 unspecified atom stereocenters. The number of amides is 1. The Morgan fingerprint density at radius 2 is 1.90 bits per heavy atom. The number of likely N-dealkylation sites (tertiary alicyclic amines) is 1. The van der Waals surface area contributed by atoms with Crippen LogP contribution in [0.25, 0.3) is 11.4 Å². The maximum absolute atomic E-state index is 13.0. The van der Waals surface area contributed by atoms with E-state index in [0.717, 1.165) is 16.8 Å². The molecule has 3 heterocycles. The Labute approximate surface area is 169 Å². The highest BCUT2D eigenvalue weighted by molar-refractivity contribution is 5.97. The highest BCUT2D eigenvalue weighted by Crippen LogP contribution is 2.43. The molecule has 1 amide bonds. The van der Waals surface area contributed by atoms with E-state index in [4.69, 9.17) is 14.5 Å². The zero-order valence-corrected chi connectivity index (χ0v) is 16.2. The lowest BCUT2D eigenvalue weighted by atomic mass is 9.87. The third-order valence-corrected chi connectivity index (χ3v) is 5.47. The first-order chi connectivity index (χ1) is 14.2. The predicted octanol–water partition coefficient (Wildman–Crippen LogP) is 3.42. The Kier molecular flexibility index (Phi) is 4.28. The molecule has 0 saturated carbocycles. The van der Waals surface area contributed by atoms with Crippen LogP contribution in [-0.2, 0) is 16.9 Å². The van der Waals surface area contributed by atoms with Crippen molar-refractivity contribution < 1.29 is 14.3 Å². The number of para-hydroxylation sites is 1. The van der Waals surface area contributed by atoms with E-state index < -0.39 is 5.60 Å². The Hall–Kier alpha value is -3.25. The van der Waals surface area contributed by atoms with Crippen molar-refractivity contribution in [1.29, 1.82) is 0 Å². The van der Waals surface area contributed by atoms with E-state index in [2.05, 4.69) is 4.98 Å². The van der Waals surface area contributed by atoms with Crippen LogP contribution in [0.2, 0.25) is 0 Å². The number of ether oxygens (including phenoxy) is 2. The van der Waals surface area contributed by atoms with E-state index in [1.165, 1.54) is 0 Å². The van der Waals surface area contributed by atoms with Crippen LogP contribution < -0.4 is 4.74 Å². The molecule has 2 aromatic carbocycles. The largest absolute Gasteiger partial charge is 0.493 e. The van der Waals surface area contributed by atoms with Gasteiger partial charge in [-0.2, -0.15) is 0 Å².